The van der Waals surface area contributed by atoms with Crippen molar-refractivity contribution in [3.8, 4) is 6.07 Å². The van der Waals surface area contributed by atoms with Gasteiger partial charge in [0.25, 0.3) is 8.53 Å². The van der Waals surface area contributed by atoms with Crippen molar-refractivity contribution >= 4 is 26.2 Å². The molecule has 1 aromatic rings. The van der Waals surface area contributed by atoms with Crippen molar-refractivity contribution < 1.29 is 28.5 Å². The number of nitriles is 1. The number of ether oxygens (including phenoxy) is 1. The Balaban J connectivity index is 1.72. The molecule has 2 amide bonds. The van der Waals surface area contributed by atoms with Crippen LogP contribution in [0.4, 0.5) is 5.82 Å². The lowest BCUT2D eigenvalue weighted by molar-refractivity contribution is -0.121. The van der Waals surface area contributed by atoms with E-state index in [1.54, 1.807) is 6.20 Å². The third kappa shape index (κ3) is 17.0. The molecule has 0 bridgehead atoms. The summed E-state index contributed by atoms with van der Waals surface area (Å²) in [5, 5.41) is 28.3. The van der Waals surface area contributed by atoms with Crippen LogP contribution in [-0.4, -0.2) is 94.8 Å². The maximum Gasteiger partial charge on any atom is 0.351 e. The molecule has 0 spiro atoms. The minimum atomic E-state index is -1.54. The molecular formula is C36H65N8O7P. The smallest absolute Gasteiger partial charge is 0.351 e. The third-order valence-electron chi connectivity index (χ3n) is 8.67. The van der Waals surface area contributed by atoms with Crippen LogP contribution in [0.25, 0.3) is 0 Å². The number of unbranched alkanes of at least 4 members (excludes halogenated alkanes) is 6. The summed E-state index contributed by atoms with van der Waals surface area (Å²) in [6.07, 6.45) is 9.49. The zero-order chi connectivity index (χ0) is 38.3. The topological polar surface area (TPSA) is 206 Å². The monoisotopic (exact) mass is 752 g/mol. The summed E-state index contributed by atoms with van der Waals surface area (Å²) in [6, 6.07) is 2.34. The third-order valence-corrected chi connectivity index (χ3v) is 10.8. The minimum Gasteiger partial charge on any atom is -0.394 e. The normalized spacial score (nSPS) is 17.8. The summed E-state index contributed by atoms with van der Waals surface area (Å²) in [5.41, 5.74) is 5.81. The zero-order valence-electron chi connectivity index (χ0n) is 32.1. The van der Waals surface area contributed by atoms with Gasteiger partial charge >= 0.3 is 5.69 Å². The van der Waals surface area contributed by atoms with Crippen LogP contribution in [0, 0.1) is 18.3 Å². The van der Waals surface area contributed by atoms with E-state index in [1.807, 2.05) is 6.92 Å². The maximum atomic E-state index is 13.1. The van der Waals surface area contributed by atoms with Gasteiger partial charge in [0.2, 0.25) is 11.8 Å². The van der Waals surface area contributed by atoms with Crippen molar-refractivity contribution in [1.29, 1.82) is 5.26 Å². The number of nitrogens with one attached hydrogen (secondary N) is 3. The van der Waals surface area contributed by atoms with E-state index in [2.05, 4.69) is 59.4 Å². The van der Waals surface area contributed by atoms with E-state index in [9.17, 15) is 19.5 Å². The van der Waals surface area contributed by atoms with Gasteiger partial charge in [0.15, 0.2) is 0 Å². The van der Waals surface area contributed by atoms with Crippen LogP contribution in [0.1, 0.15) is 123 Å². The number of rotatable bonds is 28. The highest BCUT2D eigenvalue weighted by atomic mass is 31.2. The number of aliphatic hydroxyl groups is 1. The highest BCUT2D eigenvalue weighted by Gasteiger charge is 2.41. The summed E-state index contributed by atoms with van der Waals surface area (Å²) in [6.45, 7) is 12.6. The van der Waals surface area contributed by atoms with Gasteiger partial charge in [-0.3, -0.25) is 14.2 Å². The summed E-state index contributed by atoms with van der Waals surface area (Å²) in [4.78, 5) is 41.3. The predicted octanol–water partition coefficient (Wildman–Crippen LogP) is 4.39. The molecule has 1 fully saturated rings. The molecule has 296 valence electrons. The Labute approximate surface area is 311 Å². The molecule has 1 aliphatic rings. The fourth-order valence-corrected chi connectivity index (χ4v) is 7.73. The number of carbonyl (C=O) groups is 2. The van der Waals surface area contributed by atoms with E-state index in [4.69, 9.17) is 24.8 Å². The number of aliphatic hydroxyl groups excluding tert-OH is 1. The summed E-state index contributed by atoms with van der Waals surface area (Å²) in [7, 11) is -1.54. The van der Waals surface area contributed by atoms with Gasteiger partial charge in [0.05, 0.1) is 31.8 Å². The number of nitrogens with zero attached hydrogens (tertiary/aromatic N) is 4. The van der Waals surface area contributed by atoms with Crippen molar-refractivity contribution in [3.63, 3.8) is 0 Å². The Hall–Kier alpha value is -2.70. The Kier molecular flexibility index (Phi) is 22.8. The molecule has 1 saturated heterocycles. The number of carbonyl (C=O) groups excluding carboxylic acids is 2. The van der Waals surface area contributed by atoms with Crippen LogP contribution in [0.2, 0.25) is 0 Å². The lowest BCUT2D eigenvalue weighted by atomic mass is 10.1. The van der Waals surface area contributed by atoms with E-state index in [1.165, 1.54) is 4.57 Å². The molecule has 2 heterocycles. The number of anilines is 1. The molecule has 4 atom stereocenters. The zero-order valence-corrected chi connectivity index (χ0v) is 33.0. The summed E-state index contributed by atoms with van der Waals surface area (Å²) >= 11 is 0. The van der Waals surface area contributed by atoms with E-state index in [-0.39, 0.29) is 43.5 Å². The number of nitrogens with two attached hydrogens (primary N) is 1. The van der Waals surface area contributed by atoms with Gasteiger partial charge in [-0.15, -0.1) is 0 Å². The van der Waals surface area contributed by atoms with Crippen LogP contribution < -0.4 is 27.4 Å². The Morgan fingerprint density at radius 1 is 1.04 bits per heavy atom. The van der Waals surface area contributed by atoms with Gasteiger partial charge in [-0.05, 0) is 79.7 Å². The van der Waals surface area contributed by atoms with E-state index >= 15 is 0 Å². The van der Waals surface area contributed by atoms with Gasteiger partial charge in [0.1, 0.15) is 18.1 Å². The largest absolute Gasteiger partial charge is 0.394 e. The number of aromatic nitrogens is 2. The number of hydrogen-bond acceptors (Lipinski definition) is 12. The highest BCUT2D eigenvalue weighted by Crippen LogP contribution is 2.49. The molecule has 1 aromatic heterocycles. The quantitative estimate of drug-likeness (QED) is 0.0597. The van der Waals surface area contributed by atoms with Gasteiger partial charge in [0, 0.05) is 62.7 Å². The lowest BCUT2D eigenvalue weighted by Gasteiger charge is -2.37. The molecule has 16 heteroatoms. The average Bonchev–Trinajstić information content (AvgIpc) is 3.51. The Bertz CT molecular complexity index is 1270. The standard InChI is InChI=1S/C36H65N8O7P/c1-27(2)44(28(3)4)52(49-23-15-19-38)51-30-24-34(50-31(30)26-45)43-25-29(5)35(42-36(43)48)41-22-13-7-6-12-20-39-33(47)17-10-14-21-40-32(46)16-9-8-11-18-37/h25,27-28,30-31,34,45H,6-18,20-24,26,37H2,1-5H3,(H,39,47)(H,40,46)(H,41,42,48). The first-order valence-corrected chi connectivity index (χ1v) is 20.2. The highest BCUT2D eigenvalue weighted by molar-refractivity contribution is 7.44. The molecule has 2 rings (SSSR count). The van der Waals surface area contributed by atoms with Crippen molar-refractivity contribution in [3.05, 3.63) is 22.2 Å². The van der Waals surface area contributed by atoms with Crippen LogP contribution in [0.3, 0.4) is 0 Å². The van der Waals surface area contributed by atoms with E-state index in [0.717, 1.165) is 63.4 Å². The fourth-order valence-electron chi connectivity index (χ4n) is 5.97. The van der Waals surface area contributed by atoms with Crippen LogP contribution in [0.15, 0.2) is 11.0 Å². The van der Waals surface area contributed by atoms with Gasteiger partial charge < -0.3 is 40.6 Å². The molecule has 6 N–H and O–H groups in total. The first kappa shape index (κ1) is 45.5. The summed E-state index contributed by atoms with van der Waals surface area (Å²) in [5.74, 6) is 0.632. The van der Waals surface area contributed by atoms with Gasteiger partial charge in [-0.1, -0.05) is 19.3 Å². The predicted molar refractivity (Wildman–Crippen MR) is 203 cm³/mol. The Morgan fingerprint density at radius 3 is 2.23 bits per heavy atom. The van der Waals surface area contributed by atoms with Gasteiger partial charge in [-0.2, -0.15) is 10.2 Å². The molecule has 1 aliphatic heterocycles. The fraction of sp³-hybridized carbons (Fsp3) is 0.806. The SMILES string of the molecule is Cc1cn(C2CC(OP(OCCC#N)N(C(C)C)C(C)C)C(CO)O2)c(=O)nc1NCCCCCCNC(=O)CCCCNC(=O)CCCCCN. The van der Waals surface area contributed by atoms with Crippen LogP contribution in [0.5, 0.6) is 0 Å². The van der Waals surface area contributed by atoms with E-state index < -0.39 is 32.7 Å². The number of amides is 2. The second-order valence-corrected chi connectivity index (χ2v) is 15.2. The Morgan fingerprint density at radius 2 is 1.63 bits per heavy atom. The molecule has 0 radical (unpaired) electrons. The first-order chi connectivity index (χ1) is 25.0. The van der Waals surface area contributed by atoms with Crippen molar-refractivity contribution in [2.45, 2.75) is 149 Å². The lowest BCUT2D eigenvalue weighted by Crippen LogP contribution is -2.36. The second-order valence-electron chi connectivity index (χ2n) is 13.8. The molecule has 4 unspecified atom stereocenters. The first-order valence-electron chi connectivity index (χ1n) is 19.1. The molecule has 52 heavy (non-hydrogen) atoms. The van der Waals surface area contributed by atoms with Crippen molar-refractivity contribution in [1.82, 2.24) is 24.9 Å². The second kappa shape index (κ2) is 26.1. The van der Waals surface area contributed by atoms with Crippen molar-refractivity contribution in [2.75, 3.05) is 44.7 Å². The molecule has 15 nitrogen and oxygen atoms in total. The van der Waals surface area contributed by atoms with Gasteiger partial charge in [-0.25, -0.2) is 9.46 Å². The van der Waals surface area contributed by atoms with Crippen LogP contribution >= 0.6 is 8.53 Å². The number of aryl methyl sites for hydroxylation is 1. The molecule has 0 saturated carbocycles. The molecular weight excluding hydrogens is 687 g/mol. The molecule has 0 aromatic carbocycles. The maximum absolute atomic E-state index is 13.1. The summed E-state index contributed by atoms with van der Waals surface area (Å²) < 4.78 is 22.1. The van der Waals surface area contributed by atoms with Crippen molar-refractivity contribution in [2.24, 2.45) is 5.73 Å². The van der Waals surface area contributed by atoms with Crippen LogP contribution in [-0.2, 0) is 23.4 Å². The minimum absolute atomic E-state index is 0.0407. The molecule has 0 aliphatic carbocycles. The number of hydrogen-bond donors (Lipinski definition) is 5. The van der Waals surface area contributed by atoms with E-state index in [0.29, 0.717) is 51.3 Å². The average molecular weight is 753 g/mol.